The highest BCUT2D eigenvalue weighted by Crippen LogP contribution is 2.39. The summed E-state index contributed by atoms with van der Waals surface area (Å²) in [7, 11) is 0. The van der Waals surface area contributed by atoms with Gasteiger partial charge in [0.1, 0.15) is 5.82 Å². The molecule has 4 rings (SSSR count). The van der Waals surface area contributed by atoms with Crippen LogP contribution in [-0.4, -0.2) is 42.0 Å². The average molecular weight is 379 g/mol. The number of nitrogen functional groups attached to an aromatic ring is 2. The summed E-state index contributed by atoms with van der Waals surface area (Å²) in [5.41, 5.74) is 15.7. The first kappa shape index (κ1) is 17.5. The Labute approximate surface area is 161 Å². The van der Waals surface area contributed by atoms with E-state index in [1.165, 1.54) is 0 Å². The third kappa shape index (κ3) is 3.51. The summed E-state index contributed by atoms with van der Waals surface area (Å²) in [5.74, 6) is 0.514. The second-order valence-corrected chi connectivity index (χ2v) is 7.36. The number of nitrogens with one attached hydrogen (secondary N) is 1. The highest BCUT2D eigenvalue weighted by Gasteiger charge is 2.15. The van der Waals surface area contributed by atoms with Crippen LogP contribution in [-0.2, 0) is 4.79 Å². The molecule has 1 aromatic carbocycles. The average Bonchev–Trinajstić information content (AvgIpc) is 3.15. The Hall–Kier alpha value is -2.90. The summed E-state index contributed by atoms with van der Waals surface area (Å²) in [6.07, 6.45) is 5.19. The number of amides is 1. The molecule has 0 unspecified atom stereocenters. The highest BCUT2D eigenvalue weighted by molar-refractivity contribution is 7.18. The van der Waals surface area contributed by atoms with Crippen LogP contribution in [0.4, 0.5) is 11.5 Å². The van der Waals surface area contributed by atoms with Crippen LogP contribution in [0.2, 0.25) is 0 Å². The molecule has 5 N–H and O–H groups in total. The molecule has 138 valence electrons. The molecule has 0 radical (unpaired) electrons. The van der Waals surface area contributed by atoms with E-state index in [2.05, 4.69) is 15.7 Å². The minimum Gasteiger partial charge on any atom is -0.399 e. The zero-order chi connectivity index (χ0) is 18.8. The number of pyridine rings is 1. The fourth-order valence-electron chi connectivity index (χ4n) is 3.23. The number of aromatic nitrogens is 1. The smallest absolute Gasteiger partial charge is 0.246 e. The fraction of sp³-hybridized carbons (Fsp3) is 0.200. The lowest BCUT2D eigenvalue weighted by Gasteiger charge is -2.26. The quantitative estimate of drug-likeness (QED) is 0.480. The Morgan fingerprint density at radius 3 is 2.67 bits per heavy atom. The zero-order valence-corrected chi connectivity index (χ0v) is 15.6. The van der Waals surface area contributed by atoms with Crippen LogP contribution in [0.1, 0.15) is 5.56 Å². The lowest BCUT2D eigenvalue weighted by molar-refractivity contribution is -0.126. The minimum atomic E-state index is 0.0248. The summed E-state index contributed by atoms with van der Waals surface area (Å²) in [6.45, 7) is 3.14. The van der Waals surface area contributed by atoms with E-state index in [0.717, 1.165) is 58.6 Å². The van der Waals surface area contributed by atoms with E-state index in [0.29, 0.717) is 5.82 Å². The van der Waals surface area contributed by atoms with Crippen LogP contribution in [0.3, 0.4) is 0 Å². The summed E-state index contributed by atoms with van der Waals surface area (Å²) in [4.78, 5) is 18.6. The molecule has 3 heterocycles. The second-order valence-electron chi connectivity index (χ2n) is 6.48. The summed E-state index contributed by atoms with van der Waals surface area (Å²) in [6, 6.07) is 7.70. The van der Waals surface area contributed by atoms with Gasteiger partial charge in [0.05, 0.1) is 0 Å². The Balaban J connectivity index is 1.68. The predicted octanol–water partition coefficient (Wildman–Crippen LogP) is 2.57. The fourth-order valence-corrected chi connectivity index (χ4v) is 4.31. The normalized spacial score (nSPS) is 14.9. The van der Waals surface area contributed by atoms with Crippen LogP contribution in [0.15, 0.2) is 41.9 Å². The molecule has 0 aliphatic carbocycles. The number of hydrogen-bond acceptors (Lipinski definition) is 6. The van der Waals surface area contributed by atoms with Crippen LogP contribution < -0.4 is 16.8 Å². The predicted molar refractivity (Wildman–Crippen MR) is 112 cm³/mol. The highest BCUT2D eigenvalue weighted by atomic mass is 32.1. The molecule has 1 saturated heterocycles. The van der Waals surface area contributed by atoms with Crippen LogP contribution in [0.5, 0.6) is 0 Å². The number of hydrogen-bond donors (Lipinski definition) is 3. The van der Waals surface area contributed by atoms with E-state index in [1.54, 1.807) is 23.6 Å². The Morgan fingerprint density at radius 2 is 1.93 bits per heavy atom. The van der Waals surface area contributed by atoms with Crippen LogP contribution in [0, 0.1) is 0 Å². The molecule has 0 saturated carbocycles. The van der Waals surface area contributed by atoms with Gasteiger partial charge in [0, 0.05) is 65.4 Å². The molecule has 6 nitrogen and oxygen atoms in total. The second kappa shape index (κ2) is 7.38. The van der Waals surface area contributed by atoms with Gasteiger partial charge in [-0.15, -0.1) is 11.3 Å². The number of nitrogens with two attached hydrogens (primary N) is 2. The first-order chi connectivity index (χ1) is 13.1. The first-order valence-electron chi connectivity index (χ1n) is 8.83. The lowest BCUT2D eigenvalue weighted by atomic mass is 10.0. The number of nitrogens with zero attached hydrogens (tertiary/aromatic N) is 2. The molecule has 0 spiro atoms. The molecule has 1 aliphatic rings. The molecule has 2 aromatic heterocycles. The molecular formula is C20H21N5OS. The molecular weight excluding hydrogens is 358 g/mol. The van der Waals surface area contributed by atoms with E-state index in [-0.39, 0.29) is 5.91 Å². The molecule has 0 bridgehead atoms. The van der Waals surface area contributed by atoms with E-state index in [9.17, 15) is 4.79 Å². The third-order valence-corrected chi connectivity index (χ3v) is 5.74. The Bertz CT molecular complexity index is 1000. The van der Waals surface area contributed by atoms with Crippen molar-refractivity contribution in [1.29, 1.82) is 0 Å². The van der Waals surface area contributed by atoms with E-state index in [1.807, 2.05) is 35.2 Å². The number of benzene rings is 1. The standard InChI is InChI=1S/C20H21N5OS/c21-15-4-1-13(2-5-15)16-12-27-19-14(11-24-20(22)18(16)19)3-6-17(26)25-9-7-23-8-10-25/h1-6,11-12,23H,7-10,21H2,(H2,22,24)/b6-3+. The van der Waals surface area contributed by atoms with Crippen molar-refractivity contribution >= 4 is 44.9 Å². The first-order valence-corrected chi connectivity index (χ1v) is 9.71. The monoisotopic (exact) mass is 379 g/mol. The van der Waals surface area contributed by atoms with E-state index >= 15 is 0 Å². The summed E-state index contributed by atoms with van der Waals surface area (Å²) < 4.78 is 1.03. The van der Waals surface area contributed by atoms with Crippen molar-refractivity contribution in [2.24, 2.45) is 0 Å². The van der Waals surface area contributed by atoms with E-state index in [4.69, 9.17) is 11.5 Å². The topological polar surface area (TPSA) is 97.3 Å². The summed E-state index contributed by atoms with van der Waals surface area (Å²) in [5, 5.41) is 6.24. The molecule has 7 heteroatoms. The summed E-state index contributed by atoms with van der Waals surface area (Å²) >= 11 is 1.60. The number of fused-ring (bicyclic) bond motifs is 1. The van der Waals surface area contributed by atoms with Gasteiger partial charge in [0.25, 0.3) is 0 Å². The van der Waals surface area contributed by atoms with Crippen molar-refractivity contribution in [2.45, 2.75) is 0 Å². The van der Waals surface area contributed by atoms with Gasteiger partial charge < -0.3 is 21.7 Å². The molecule has 1 fully saturated rings. The molecule has 27 heavy (non-hydrogen) atoms. The zero-order valence-electron chi connectivity index (χ0n) is 14.8. The van der Waals surface area contributed by atoms with Gasteiger partial charge in [0.15, 0.2) is 0 Å². The van der Waals surface area contributed by atoms with Gasteiger partial charge in [0.2, 0.25) is 5.91 Å². The number of anilines is 2. The number of thiophene rings is 1. The van der Waals surface area contributed by atoms with Gasteiger partial charge in [-0.3, -0.25) is 4.79 Å². The van der Waals surface area contributed by atoms with Crippen molar-refractivity contribution in [1.82, 2.24) is 15.2 Å². The van der Waals surface area contributed by atoms with Gasteiger partial charge in [-0.2, -0.15) is 0 Å². The van der Waals surface area contributed by atoms with Crippen LogP contribution in [0.25, 0.3) is 27.3 Å². The van der Waals surface area contributed by atoms with Gasteiger partial charge in [-0.05, 0) is 29.2 Å². The number of carbonyl (C=O) groups excluding carboxylic acids is 1. The Kier molecular flexibility index (Phi) is 4.79. The molecule has 1 aliphatic heterocycles. The van der Waals surface area contributed by atoms with Crippen molar-refractivity contribution < 1.29 is 4.79 Å². The Morgan fingerprint density at radius 1 is 1.19 bits per heavy atom. The maximum Gasteiger partial charge on any atom is 0.246 e. The van der Waals surface area contributed by atoms with Crippen molar-refractivity contribution in [3.63, 3.8) is 0 Å². The number of piperazine rings is 1. The maximum absolute atomic E-state index is 12.4. The molecule has 0 atom stereocenters. The van der Waals surface area contributed by atoms with Crippen LogP contribution >= 0.6 is 11.3 Å². The number of carbonyl (C=O) groups is 1. The van der Waals surface area contributed by atoms with E-state index < -0.39 is 0 Å². The largest absolute Gasteiger partial charge is 0.399 e. The third-order valence-electron chi connectivity index (χ3n) is 4.71. The van der Waals surface area contributed by atoms with Crippen molar-refractivity contribution in [3.05, 3.63) is 47.5 Å². The van der Waals surface area contributed by atoms with Gasteiger partial charge in [-0.1, -0.05) is 12.1 Å². The minimum absolute atomic E-state index is 0.0248. The lowest BCUT2D eigenvalue weighted by Crippen LogP contribution is -2.45. The van der Waals surface area contributed by atoms with Crippen molar-refractivity contribution in [2.75, 3.05) is 37.6 Å². The van der Waals surface area contributed by atoms with Gasteiger partial charge in [-0.25, -0.2) is 4.98 Å². The van der Waals surface area contributed by atoms with Crippen molar-refractivity contribution in [3.8, 4) is 11.1 Å². The SMILES string of the molecule is Nc1ccc(-c2csc3c(/C=C/C(=O)N4CCNCC4)cnc(N)c23)cc1. The number of rotatable bonds is 3. The van der Waals surface area contributed by atoms with Gasteiger partial charge >= 0.3 is 0 Å². The maximum atomic E-state index is 12.4. The molecule has 1 amide bonds. The molecule has 3 aromatic rings.